The lowest BCUT2D eigenvalue weighted by Gasteiger charge is -2.25. The third-order valence-electron chi connectivity index (χ3n) is 4.69. The first-order chi connectivity index (χ1) is 9.13. The second-order valence-corrected chi connectivity index (χ2v) is 6.57. The van der Waals surface area contributed by atoms with E-state index in [1.165, 1.54) is 19.3 Å². The van der Waals surface area contributed by atoms with Gasteiger partial charge in [-0.3, -0.25) is 0 Å². The highest BCUT2D eigenvalue weighted by molar-refractivity contribution is 6.37. The van der Waals surface area contributed by atoms with Crippen molar-refractivity contribution >= 4 is 34.3 Å². The second-order valence-electron chi connectivity index (χ2n) is 5.72. The van der Waals surface area contributed by atoms with Gasteiger partial charge in [0.1, 0.15) is 5.52 Å². The molecule has 100 valence electrons. The van der Waals surface area contributed by atoms with E-state index >= 15 is 0 Å². The highest BCUT2D eigenvalue weighted by Crippen LogP contribution is 2.52. The van der Waals surface area contributed by atoms with Crippen LogP contribution in [0.1, 0.15) is 31.1 Å². The minimum absolute atomic E-state index is 0.168. The van der Waals surface area contributed by atoms with Gasteiger partial charge in [0.2, 0.25) is 5.89 Å². The SMILES string of the molecule is NC1C2CCC(C2)C1c1nc2cc(Cl)cc(Cl)c2o1. The Morgan fingerprint density at radius 1 is 1.21 bits per heavy atom. The quantitative estimate of drug-likeness (QED) is 0.866. The maximum Gasteiger partial charge on any atom is 0.200 e. The van der Waals surface area contributed by atoms with Crippen molar-refractivity contribution in [3.05, 3.63) is 28.1 Å². The second kappa shape index (κ2) is 4.11. The van der Waals surface area contributed by atoms with E-state index in [1.54, 1.807) is 12.1 Å². The Morgan fingerprint density at radius 2 is 2.00 bits per heavy atom. The van der Waals surface area contributed by atoms with Gasteiger partial charge in [0.15, 0.2) is 5.58 Å². The van der Waals surface area contributed by atoms with Gasteiger partial charge in [0.05, 0.1) is 10.9 Å². The molecule has 4 unspecified atom stereocenters. The standard InChI is InChI=1S/C14H14Cl2N2O/c15-8-4-9(16)13-10(5-8)18-14(19-13)11-6-1-2-7(3-6)12(11)17/h4-7,11-12H,1-3,17H2. The molecule has 0 spiro atoms. The van der Waals surface area contributed by atoms with E-state index in [2.05, 4.69) is 4.98 Å². The maximum atomic E-state index is 6.33. The van der Waals surface area contributed by atoms with Crippen molar-refractivity contribution in [1.29, 1.82) is 0 Å². The molecule has 3 nitrogen and oxygen atoms in total. The summed E-state index contributed by atoms with van der Waals surface area (Å²) in [5.74, 6) is 2.21. The van der Waals surface area contributed by atoms with Crippen molar-refractivity contribution < 1.29 is 4.42 Å². The van der Waals surface area contributed by atoms with Crippen LogP contribution in [0.25, 0.3) is 11.1 Å². The van der Waals surface area contributed by atoms with Gasteiger partial charge >= 0.3 is 0 Å². The molecule has 2 aliphatic carbocycles. The maximum absolute atomic E-state index is 6.33. The van der Waals surface area contributed by atoms with Crippen LogP contribution >= 0.6 is 23.2 Å². The number of aromatic nitrogens is 1. The number of nitrogens with zero attached hydrogens (tertiary/aromatic N) is 1. The molecule has 2 N–H and O–H groups in total. The Bertz CT molecular complexity index is 652. The molecule has 1 heterocycles. The molecule has 0 amide bonds. The number of nitrogens with two attached hydrogens (primary N) is 1. The molecule has 4 atom stereocenters. The molecule has 0 radical (unpaired) electrons. The number of hydrogen-bond donors (Lipinski definition) is 1. The van der Waals surface area contributed by atoms with Crippen molar-refractivity contribution in [2.24, 2.45) is 17.6 Å². The lowest BCUT2D eigenvalue weighted by molar-refractivity contribution is 0.317. The average Bonchev–Trinajstić information content (AvgIpc) is 3.01. The van der Waals surface area contributed by atoms with Gasteiger partial charge in [0.25, 0.3) is 0 Å². The van der Waals surface area contributed by atoms with Crippen LogP contribution in [-0.4, -0.2) is 11.0 Å². The Balaban J connectivity index is 1.82. The third-order valence-corrected chi connectivity index (χ3v) is 5.19. The zero-order valence-electron chi connectivity index (χ0n) is 10.3. The summed E-state index contributed by atoms with van der Waals surface area (Å²) in [5.41, 5.74) is 7.67. The average molecular weight is 297 g/mol. The van der Waals surface area contributed by atoms with E-state index in [-0.39, 0.29) is 12.0 Å². The molecule has 1 aromatic heterocycles. The molecular weight excluding hydrogens is 283 g/mol. The van der Waals surface area contributed by atoms with Gasteiger partial charge < -0.3 is 10.2 Å². The molecule has 0 aliphatic heterocycles. The monoisotopic (exact) mass is 296 g/mol. The van der Waals surface area contributed by atoms with Crippen molar-refractivity contribution in [3.63, 3.8) is 0 Å². The highest BCUT2D eigenvalue weighted by Gasteiger charge is 2.48. The predicted molar refractivity (Wildman–Crippen MR) is 75.6 cm³/mol. The summed E-state index contributed by atoms with van der Waals surface area (Å²) in [6.07, 6.45) is 3.68. The Kier molecular flexibility index (Phi) is 2.60. The molecule has 5 heteroatoms. The lowest BCUT2D eigenvalue weighted by Crippen LogP contribution is -2.34. The number of halogens is 2. The predicted octanol–water partition coefficient (Wildman–Crippen LogP) is 3.98. The summed E-state index contributed by atoms with van der Waals surface area (Å²) in [4.78, 5) is 4.57. The van der Waals surface area contributed by atoms with Crippen LogP contribution in [0.3, 0.4) is 0 Å². The first-order valence-electron chi connectivity index (χ1n) is 6.64. The number of oxazole rings is 1. The first kappa shape index (κ1) is 12.0. The molecule has 4 rings (SSSR count). The van der Waals surface area contributed by atoms with Crippen LogP contribution in [0, 0.1) is 11.8 Å². The Hall–Kier alpha value is -0.770. The number of hydrogen-bond acceptors (Lipinski definition) is 3. The van der Waals surface area contributed by atoms with E-state index in [0.29, 0.717) is 27.5 Å². The molecule has 2 bridgehead atoms. The molecule has 19 heavy (non-hydrogen) atoms. The lowest BCUT2D eigenvalue weighted by atomic mass is 9.85. The van der Waals surface area contributed by atoms with Crippen LogP contribution in [-0.2, 0) is 0 Å². The molecule has 0 saturated heterocycles. The van der Waals surface area contributed by atoms with Gasteiger partial charge in [-0.2, -0.15) is 0 Å². The fraction of sp³-hybridized carbons (Fsp3) is 0.500. The number of benzene rings is 1. The smallest absolute Gasteiger partial charge is 0.200 e. The van der Waals surface area contributed by atoms with Gasteiger partial charge in [-0.05, 0) is 43.2 Å². The van der Waals surface area contributed by atoms with Crippen molar-refractivity contribution in [2.75, 3.05) is 0 Å². The largest absolute Gasteiger partial charge is 0.439 e. The van der Waals surface area contributed by atoms with E-state index in [0.717, 1.165) is 11.4 Å². The minimum Gasteiger partial charge on any atom is -0.439 e. The third kappa shape index (κ3) is 1.72. The molecule has 2 aromatic rings. The van der Waals surface area contributed by atoms with E-state index in [4.69, 9.17) is 33.4 Å². The van der Waals surface area contributed by atoms with Crippen molar-refractivity contribution in [1.82, 2.24) is 4.98 Å². The molecular formula is C14H14Cl2N2O. The van der Waals surface area contributed by atoms with Crippen molar-refractivity contribution in [2.45, 2.75) is 31.2 Å². The zero-order valence-corrected chi connectivity index (χ0v) is 11.8. The zero-order chi connectivity index (χ0) is 13.1. The molecule has 1 aromatic carbocycles. The minimum atomic E-state index is 0.168. The van der Waals surface area contributed by atoms with Crippen LogP contribution < -0.4 is 5.73 Å². The summed E-state index contributed by atoms with van der Waals surface area (Å²) < 4.78 is 5.88. The van der Waals surface area contributed by atoms with E-state index in [9.17, 15) is 0 Å². The molecule has 2 fully saturated rings. The fourth-order valence-electron chi connectivity index (χ4n) is 3.82. The topological polar surface area (TPSA) is 52.0 Å². The van der Waals surface area contributed by atoms with Crippen molar-refractivity contribution in [3.8, 4) is 0 Å². The summed E-state index contributed by atoms with van der Waals surface area (Å²) in [7, 11) is 0. The van der Waals surface area contributed by atoms with E-state index < -0.39 is 0 Å². The Labute approximate surface area is 121 Å². The van der Waals surface area contributed by atoms with Crippen LogP contribution in [0.2, 0.25) is 10.0 Å². The van der Waals surface area contributed by atoms with Gasteiger partial charge in [0, 0.05) is 11.1 Å². The summed E-state index contributed by atoms with van der Waals surface area (Å²) in [6.45, 7) is 0. The summed E-state index contributed by atoms with van der Waals surface area (Å²) in [6, 6.07) is 3.64. The van der Waals surface area contributed by atoms with E-state index in [1.807, 2.05) is 0 Å². The van der Waals surface area contributed by atoms with Crippen LogP contribution in [0.4, 0.5) is 0 Å². The Morgan fingerprint density at radius 3 is 2.74 bits per heavy atom. The number of rotatable bonds is 1. The molecule has 2 saturated carbocycles. The first-order valence-corrected chi connectivity index (χ1v) is 7.40. The molecule has 2 aliphatic rings. The van der Waals surface area contributed by atoms with Crippen LogP contribution in [0.15, 0.2) is 16.5 Å². The van der Waals surface area contributed by atoms with Gasteiger partial charge in [-0.25, -0.2) is 4.98 Å². The fourth-order valence-corrected chi connectivity index (χ4v) is 4.34. The van der Waals surface area contributed by atoms with Gasteiger partial charge in [-0.1, -0.05) is 23.2 Å². The van der Waals surface area contributed by atoms with Crippen LogP contribution in [0.5, 0.6) is 0 Å². The summed E-state index contributed by atoms with van der Waals surface area (Å²) >= 11 is 12.1. The normalized spacial score (nSPS) is 33.4. The summed E-state index contributed by atoms with van der Waals surface area (Å²) in [5, 5.41) is 1.09. The number of fused-ring (bicyclic) bond motifs is 3. The highest BCUT2D eigenvalue weighted by atomic mass is 35.5. The van der Waals surface area contributed by atoms with Gasteiger partial charge in [-0.15, -0.1) is 0 Å².